The standard InChI is InChI=1S/C12H19N5O/c1-2-14-12(18)17-8-6-16(7-9-17)11-10(13)4-3-5-15-11/h3-5H,2,6-9,13H2,1H3,(H,14,18). The van der Waals surface area contributed by atoms with Crippen LogP contribution in [0.1, 0.15) is 6.92 Å². The third-order valence-electron chi connectivity index (χ3n) is 3.01. The minimum atomic E-state index is 0.00569. The lowest BCUT2D eigenvalue weighted by Gasteiger charge is -2.35. The Labute approximate surface area is 107 Å². The molecule has 0 saturated carbocycles. The van der Waals surface area contributed by atoms with Gasteiger partial charge in [-0.05, 0) is 19.1 Å². The minimum Gasteiger partial charge on any atom is -0.396 e. The molecular weight excluding hydrogens is 230 g/mol. The zero-order chi connectivity index (χ0) is 13.0. The third-order valence-corrected chi connectivity index (χ3v) is 3.01. The summed E-state index contributed by atoms with van der Waals surface area (Å²) in [5, 5.41) is 2.81. The van der Waals surface area contributed by atoms with E-state index in [1.807, 2.05) is 24.0 Å². The average Bonchev–Trinajstić information content (AvgIpc) is 2.40. The summed E-state index contributed by atoms with van der Waals surface area (Å²) in [6.07, 6.45) is 1.74. The maximum atomic E-state index is 11.7. The Bertz CT molecular complexity index is 415. The van der Waals surface area contributed by atoms with Gasteiger partial charge < -0.3 is 20.9 Å². The summed E-state index contributed by atoms with van der Waals surface area (Å²) in [6.45, 7) is 5.50. The first-order valence-corrected chi connectivity index (χ1v) is 6.20. The van der Waals surface area contributed by atoms with Crippen LogP contribution in [-0.2, 0) is 0 Å². The number of carbonyl (C=O) groups excluding carboxylic acids is 1. The number of anilines is 2. The van der Waals surface area contributed by atoms with E-state index in [0.717, 1.165) is 18.9 Å². The molecule has 1 saturated heterocycles. The molecular formula is C12H19N5O. The molecule has 0 unspecified atom stereocenters. The van der Waals surface area contributed by atoms with Crippen molar-refractivity contribution < 1.29 is 4.79 Å². The number of aromatic nitrogens is 1. The molecule has 2 amide bonds. The van der Waals surface area contributed by atoms with Gasteiger partial charge in [-0.15, -0.1) is 0 Å². The fraction of sp³-hybridized carbons (Fsp3) is 0.500. The monoisotopic (exact) mass is 249 g/mol. The molecule has 1 fully saturated rings. The SMILES string of the molecule is CCNC(=O)N1CCN(c2ncccc2N)CC1. The lowest BCUT2D eigenvalue weighted by atomic mass is 10.3. The molecule has 98 valence electrons. The maximum Gasteiger partial charge on any atom is 0.317 e. The molecule has 0 spiro atoms. The Kier molecular flexibility index (Phi) is 3.86. The van der Waals surface area contributed by atoms with Gasteiger partial charge in [0.25, 0.3) is 0 Å². The molecule has 6 nitrogen and oxygen atoms in total. The zero-order valence-electron chi connectivity index (χ0n) is 10.6. The van der Waals surface area contributed by atoms with Crippen molar-refractivity contribution in [1.29, 1.82) is 0 Å². The number of nitrogen functional groups attached to an aromatic ring is 1. The maximum absolute atomic E-state index is 11.7. The molecule has 0 aliphatic carbocycles. The number of amides is 2. The van der Waals surface area contributed by atoms with E-state index in [1.165, 1.54) is 0 Å². The van der Waals surface area contributed by atoms with Crippen molar-refractivity contribution >= 4 is 17.5 Å². The van der Waals surface area contributed by atoms with Gasteiger partial charge in [-0.1, -0.05) is 0 Å². The first-order chi connectivity index (χ1) is 8.72. The molecule has 1 aliphatic rings. The average molecular weight is 249 g/mol. The number of urea groups is 1. The van der Waals surface area contributed by atoms with Crippen LogP contribution in [0.25, 0.3) is 0 Å². The number of hydrogen-bond acceptors (Lipinski definition) is 4. The summed E-state index contributed by atoms with van der Waals surface area (Å²) < 4.78 is 0. The highest BCUT2D eigenvalue weighted by Crippen LogP contribution is 2.20. The van der Waals surface area contributed by atoms with Crippen molar-refractivity contribution in [3.63, 3.8) is 0 Å². The van der Waals surface area contributed by atoms with E-state index in [4.69, 9.17) is 5.73 Å². The molecule has 0 atom stereocenters. The number of carbonyl (C=O) groups is 1. The van der Waals surface area contributed by atoms with E-state index in [1.54, 1.807) is 6.20 Å². The summed E-state index contributed by atoms with van der Waals surface area (Å²) in [4.78, 5) is 19.9. The second kappa shape index (κ2) is 5.57. The quantitative estimate of drug-likeness (QED) is 0.801. The summed E-state index contributed by atoms with van der Waals surface area (Å²) in [6, 6.07) is 3.67. The number of piperazine rings is 1. The third kappa shape index (κ3) is 2.64. The predicted octanol–water partition coefficient (Wildman–Crippen LogP) is 0.515. The van der Waals surface area contributed by atoms with Gasteiger partial charge in [-0.25, -0.2) is 9.78 Å². The van der Waals surface area contributed by atoms with Crippen LogP contribution in [0.15, 0.2) is 18.3 Å². The van der Waals surface area contributed by atoms with E-state index in [0.29, 0.717) is 25.3 Å². The van der Waals surface area contributed by atoms with Crippen LogP contribution >= 0.6 is 0 Å². The Morgan fingerprint density at radius 2 is 2.17 bits per heavy atom. The molecule has 0 radical (unpaired) electrons. The fourth-order valence-electron chi connectivity index (χ4n) is 2.06. The number of hydrogen-bond donors (Lipinski definition) is 2. The number of pyridine rings is 1. The topological polar surface area (TPSA) is 74.5 Å². The van der Waals surface area contributed by atoms with Gasteiger partial charge in [-0.3, -0.25) is 0 Å². The highest BCUT2D eigenvalue weighted by Gasteiger charge is 2.22. The summed E-state index contributed by atoms with van der Waals surface area (Å²) >= 11 is 0. The molecule has 1 aliphatic heterocycles. The zero-order valence-corrected chi connectivity index (χ0v) is 10.6. The smallest absolute Gasteiger partial charge is 0.317 e. The van der Waals surface area contributed by atoms with E-state index >= 15 is 0 Å². The minimum absolute atomic E-state index is 0.00569. The molecule has 2 rings (SSSR count). The van der Waals surface area contributed by atoms with Crippen LogP contribution in [0.5, 0.6) is 0 Å². The van der Waals surface area contributed by atoms with Gasteiger partial charge in [0, 0.05) is 38.9 Å². The van der Waals surface area contributed by atoms with E-state index in [-0.39, 0.29) is 6.03 Å². The van der Waals surface area contributed by atoms with Gasteiger partial charge in [-0.2, -0.15) is 0 Å². The molecule has 6 heteroatoms. The van der Waals surface area contributed by atoms with Crippen molar-refractivity contribution in [3.05, 3.63) is 18.3 Å². The largest absolute Gasteiger partial charge is 0.396 e. The second-order valence-electron chi connectivity index (χ2n) is 4.23. The normalized spacial score (nSPS) is 15.6. The van der Waals surface area contributed by atoms with Crippen molar-refractivity contribution in [1.82, 2.24) is 15.2 Å². The van der Waals surface area contributed by atoms with E-state index < -0.39 is 0 Å². The Hall–Kier alpha value is -1.98. The summed E-state index contributed by atoms with van der Waals surface area (Å²) in [5.41, 5.74) is 6.58. The van der Waals surface area contributed by atoms with Crippen LogP contribution in [0.2, 0.25) is 0 Å². The number of nitrogens with two attached hydrogens (primary N) is 1. The molecule has 0 aromatic carbocycles. The van der Waals surface area contributed by atoms with Gasteiger partial charge in [0.1, 0.15) is 0 Å². The van der Waals surface area contributed by atoms with E-state index in [2.05, 4.69) is 15.2 Å². The van der Waals surface area contributed by atoms with Gasteiger partial charge in [0.05, 0.1) is 5.69 Å². The summed E-state index contributed by atoms with van der Waals surface area (Å²) in [7, 11) is 0. The predicted molar refractivity (Wildman–Crippen MR) is 71.5 cm³/mol. The van der Waals surface area contributed by atoms with Crippen LogP contribution in [-0.4, -0.2) is 48.6 Å². The Morgan fingerprint density at radius 1 is 1.44 bits per heavy atom. The molecule has 2 heterocycles. The number of nitrogens with one attached hydrogen (secondary N) is 1. The van der Waals surface area contributed by atoms with Crippen LogP contribution in [0.4, 0.5) is 16.3 Å². The van der Waals surface area contributed by atoms with Crippen molar-refractivity contribution in [2.45, 2.75) is 6.92 Å². The lowest BCUT2D eigenvalue weighted by molar-refractivity contribution is 0.195. The Morgan fingerprint density at radius 3 is 2.78 bits per heavy atom. The molecule has 1 aromatic rings. The Balaban J connectivity index is 1.95. The van der Waals surface area contributed by atoms with Gasteiger partial charge >= 0.3 is 6.03 Å². The van der Waals surface area contributed by atoms with Crippen LogP contribution in [0, 0.1) is 0 Å². The molecule has 0 bridgehead atoms. The van der Waals surface area contributed by atoms with Crippen molar-refractivity contribution in [2.75, 3.05) is 43.4 Å². The van der Waals surface area contributed by atoms with Crippen molar-refractivity contribution in [2.24, 2.45) is 0 Å². The second-order valence-corrected chi connectivity index (χ2v) is 4.23. The first-order valence-electron chi connectivity index (χ1n) is 6.20. The van der Waals surface area contributed by atoms with Gasteiger partial charge in [0.2, 0.25) is 0 Å². The van der Waals surface area contributed by atoms with Crippen LogP contribution in [0.3, 0.4) is 0 Å². The number of rotatable bonds is 2. The molecule has 3 N–H and O–H groups in total. The number of nitrogens with zero attached hydrogens (tertiary/aromatic N) is 3. The lowest BCUT2D eigenvalue weighted by Crippen LogP contribution is -2.52. The molecule has 1 aromatic heterocycles. The highest BCUT2D eigenvalue weighted by molar-refractivity contribution is 5.74. The van der Waals surface area contributed by atoms with Crippen molar-refractivity contribution in [3.8, 4) is 0 Å². The van der Waals surface area contributed by atoms with E-state index in [9.17, 15) is 4.79 Å². The molecule has 18 heavy (non-hydrogen) atoms. The van der Waals surface area contributed by atoms with Crippen LogP contribution < -0.4 is 16.0 Å². The fourth-order valence-corrected chi connectivity index (χ4v) is 2.06. The summed E-state index contributed by atoms with van der Waals surface area (Å²) in [5.74, 6) is 0.813. The van der Waals surface area contributed by atoms with Gasteiger partial charge in [0.15, 0.2) is 5.82 Å². The first kappa shape index (κ1) is 12.5. The highest BCUT2D eigenvalue weighted by atomic mass is 16.2.